The molecular weight excluding hydrogens is 517 g/mol. The van der Waals surface area contributed by atoms with Gasteiger partial charge in [0.05, 0.1) is 35.5 Å². The number of aryl methyl sites for hydroxylation is 1. The van der Waals surface area contributed by atoms with E-state index in [0.29, 0.717) is 23.1 Å². The van der Waals surface area contributed by atoms with Gasteiger partial charge in [-0.3, -0.25) is 0 Å². The number of thiazole rings is 1. The number of piperidine rings is 1. The van der Waals surface area contributed by atoms with Crippen LogP contribution in [-0.4, -0.2) is 48.4 Å². The van der Waals surface area contributed by atoms with Gasteiger partial charge >= 0.3 is 0 Å². The minimum Gasteiger partial charge on any atom is -0.497 e. The molecule has 2 aromatic heterocycles. The number of benzene rings is 2. The van der Waals surface area contributed by atoms with Gasteiger partial charge in [0.1, 0.15) is 17.6 Å². The van der Waals surface area contributed by atoms with Crippen molar-refractivity contribution in [2.24, 2.45) is 0 Å². The van der Waals surface area contributed by atoms with E-state index in [9.17, 15) is 4.39 Å². The van der Waals surface area contributed by atoms with E-state index in [1.165, 1.54) is 6.07 Å². The second kappa shape index (κ2) is 12.4. The van der Waals surface area contributed by atoms with Gasteiger partial charge in [-0.1, -0.05) is 6.92 Å². The molecule has 0 bridgehead atoms. The van der Waals surface area contributed by atoms with Crippen LogP contribution in [0, 0.1) is 5.82 Å². The Hall–Kier alpha value is -3.76. The summed E-state index contributed by atoms with van der Waals surface area (Å²) in [6, 6.07) is 12.4. The summed E-state index contributed by atoms with van der Waals surface area (Å²) in [5.74, 6) is 1.56. The van der Waals surface area contributed by atoms with Crippen LogP contribution in [0.25, 0.3) is 21.8 Å². The third kappa shape index (κ3) is 6.46. The van der Waals surface area contributed by atoms with Gasteiger partial charge < -0.3 is 24.8 Å². The third-order valence-electron chi connectivity index (χ3n) is 6.42. The summed E-state index contributed by atoms with van der Waals surface area (Å²) >= 11 is 1.60. The summed E-state index contributed by atoms with van der Waals surface area (Å²) in [6.45, 7) is 3.89. The minimum atomic E-state index is -0.421. The molecule has 0 amide bonds. The first-order valence-electron chi connectivity index (χ1n) is 13.1. The Balaban J connectivity index is 1.42. The summed E-state index contributed by atoms with van der Waals surface area (Å²) in [6.07, 6.45) is 5.28. The number of ether oxygens (including phenoxy) is 3. The molecule has 5 rings (SSSR count). The molecule has 1 aliphatic heterocycles. The highest BCUT2D eigenvalue weighted by molar-refractivity contribution is 7.15. The van der Waals surface area contributed by atoms with E-state index in [0.717, 1.165) is 65.6 Å². The Labute approximate surface area is 231 Å². The zero-order valence-electron chi connectivity index (χ0n) is 22.3. The number of aromatic nitrogens is 3. The topological polar surface area (TPSA) is 90.4 Å². The molecule has 3 heterocycles. The van der Waals surface area contributed by atoms with Gasteiger partial charge in [-0.2, -0.15) is 0 Å². The van der Waals surface area contributed by atoms with E-state index in [-0.39, 0.29) is 11.9 Å². The van der Waals surface area contributed by atoms with Crippen molar-refractivity contribution in [1.29, 1.82) is 0 Å². The van der Waals surface area contributed by atoms with Crippen molar-refractivity contribution in [3.8, 4) is 39.1 Å². The third-order valence-corrected chi connectivity index (χ3v) is 7.55. The van der Waals surface area contributed by atoms with Gasteiger partial charge in [0.15, 0.2) is 11.6 Å². The molecule has 0 atom stereocenters. The molecule has 1 aliphatic rings. The lowest BCUT2D eigenvalue weighted by Gasteiger charge is -2.24. The first kappa shape index (κ1) is 26.8. The molecule has 2 aromatic carbocycles. The highest BCUT2D eigenvalue weighted by Gasteiger charge is 2.19. The molecule has 204 valence electrons. The SMILES string of the molecule is CCCc1nc(-c2cc(OC)cc(OC)c2)c(-c2ccnc(Nc3ccc(OC4CCNCC4)c(F)c3)n2)s1. The lowest BCUT2D eigenvalue weighted by molar-refractivity contribution is 0.156. The van der Waals surface area contributed by atoms with Gasteiger partial charge in [0.2, 0.25) is 5.95 Å². The van der Waals surface area contributed by atoms with E-state index in [4.69, 9.17) is 24.2 Å². The quantitative estimate of drug-likeness (QED) is 0.240. The van der Waals surface area contributed by atoms with Crippen molar-refractivity contribution in [3.05, 3.63) is 59.5 Å². The van der Waals surface area contributed by atoms with Crippen LogP contribution >= 0.6 is 11.3 Å². The van der Waals surface area contributed by atoms with E-state index in [2.05, 4.69) is 22.5 Å². The molecule has 10 heteroatoms. The van der Waals surface area contributed by atoms with Crippen LogP contribution in [0.2, 0.25) is 0 Å². The normalized spacial score (nSPS) is 13.7. The summed E-state index contributed by atoms with van der Waals surface area (Å²) in [7, 11) is 3.25. The van der Waals surface area contributed by atoms with Crippen LogP contribution in [0.1, 0.15) is 31.2 Å². The fraction of sp³-hybridized carbons (Fsp3) is 0.345. The van der Waals surface area contributed by atoms with Gasteiger partial charge in [0, 0.05) is 29.6 Å². The summed E-state index contributed by atoms with van der Waals surface area (Å²) in [5, 5.41) is 7.43. The van der Waals surface area contributed by atoms with E-state index >= 15 is 0 Å². The molecule has 1 saturated heterocycles. The fourth-order valence-electron chi connectivity index (χ4n) is 4.44. The molecule has 0 saturated carbocycles. The van der Waals surface area contributed by atoms with Crippen LogP contribution in [-0.2, 0) is 6.42 Å². The molecule has 39 heavy (non-hydrogen) atoms. The number of rotatable bonds is 10. The lowest BCUT2D eigenvalue weighted by Crippen LogP contribution is -2.34. The maximum Gasteiger partial charge on any atom is 0.227 e. The minimum absolute atomic E-state index is 0.0234. The summed E-state index contributed by atoms with van der Waals surface area (Å²) in [5.41, 5.74) is 2.93. The average molecular weight is 550 g/mol. The Bertz CT molecular complexity index is 1400. The Morgan fingerprint density at radius 2 is 1.79 bits per heavy atom. The predicted molar refractivity (Wildman–Crippen MR) is 152 cm³/mol. The number of halogens is 1. The Morgan fingerprint density at radius 3 is 2.49 bits per heavy atom. The van der Waals surface area contributed by atoms with Crippen molar-refractivity contribution in [2.45, 2.75) is 38.7 Å². The summed E-state index contributed by atoms with van der Waals surface area (Å²) < 4.78 is 31.7. The number of nitrogens with zero attached hydrogens (tertiary/aromatic N) is 3. The zero-order chi connectivity index (χ0) is 27.2. The Morgan fingerprint density at radius 1 is 1.03 bits per heavy atom. The second-order valence-corrected chi connectivity index (χ2v) is 10.3. The number of hydrogen-bond acceptors (Lipinski definition) is 9. The number of hydrogen-bond donors (Lipinski definition) is 2. The molecule has 4 aromatic rings. The standard InChI is InChI=1S/C29H32FN5O3S/c1-4-5-26-35-27(18-14-21(36-2)17-22(15-18)37-3)28(39-26)24-10-13-32-29(34-24)33-19-6-7-25(23(30)16-19)38-20-8-11-31-12-9-20/h6-7,10,13-17,20,31H,4-5,8-9,11-12H2,1-3H3,(H,32,33,34). The number of nitrogens with one attached hydrogen (secondary N) is 2. The molecular formula is C29H32FN5O3S. The van der Waals surface area contributed by atoms with Crippen LogP contribution in [0.5, 0.6) is 17.2 Å². The van der Waals surface area contributed by atoms with Gasteiger partial charge in [-0.25, -0.2) is 19.3 Å². The smallest absolute Gasteiger partial charge is 0.227 e. The van der Waals surface area contributed by atoms with Crippen molar-refractivity contribution in [2.75, 3.05) is 32.6 Å². The average Bonchev–Trinajstić information content (AvgIpc) is 3.39. The van der Waals surface area contributed by atoms with Crippen LogP contribution < -0.4 is 24.8 Å². The van der Waals surface area contributed by atoms with Crippen molar-refractivity contribution in [1.82, 2.24) is 20.3 Å². The predicted octanol–water partition coefficient (Wildman–Crippen LogP) is 6.25. The van der Waals surface area contributed by atoms with Crippen molar-refractivity contribution in [3.63, 3.8) is 0 Å². The number of methoxy groups -OCH3 is 2. The Kier molecular flexibility index (Phi) is 8.53. The van der Waals surface area contributed by atoms with Crippen LogP contribution in [0.15, 0.2) is 48.7 Å². The number of anilines is 2. The molecule has 1 fully saturated rings. The van der Waals surface area contributed by atoms with E-state index < -0.39 is 5.82 Å². The molecule has 0 aliphatic carbocycles. The van der Waals surface area contributed by atoms with Crippen LogP contribution in [0.3, 0.4) is 0 Å². The molecule has 0 unspecified atom stereocenters. The second-order valence-electron chi connectivity index (χ2n) is 9.24. The van der Waals surface area contributed by atoms with Crippen molar-refractivity contribution < 1.29 is 18.6 Å². The van der Waals surface area contributed by atoms with E-state index in [1.807, 2.05) is 24.3 Å². The van der Waals surface area contributed by atoms with Crippen molar-refractivity contribution >= 4 is 23.0 Å². The van der Waals surface area contributed by atoms with Gasteiger partial charge in [-0.15, -0.1) is 11.3 Å². The van der Waals surface area contributed by atoms with Gasteiger partial charge in [-0.05, 0) is 69.1 Å². The highest BCUT2D eigenvalue weighted by atomic mass is 32.1. The fourth-order valence-corrected chi connectivity index (χ4v) is 5.60. The monoisotopic (exact) mass is 549 g/mol. The summed E-state index contributed by atoms with van der Waals surface area (Å²) in [4.78, 5) is 15.0. The maximum atomic E-state index is 14.8. The lowest BCUT2D eigenvalue weighted by atomic mass is 10.1. The molecule has 0 spiro atoms. The van der Waals surface area contributed by atoms with Gasteiger partial charge in [0.25, 0.3) is 0 Å². The molecule has 0 radical (unpaired) electrons. The largest absolute Gasteiger partial charge is 0.497 e. The maximum absolute atomic E-state index is 14.8. The first-order valence-corrected chi connectivity index (χ1v) is 13.9. The molecule has 8 nitrogen and oxygen atoms in total. The van der Waals surface area contributed by atoms with Crippen LogP contribution in [0.4, 0.5) is 16.0 Å². The highest BCUT2D eigenvalue weighted by Crippen LogP contribution is 2.39. The first-order chi connectivity index (χ1) is 19.1. The zero-order valence-corrected chi connectivity index (χ0v) is 23.1. The molecule has 2 N–H and O–H groups in total. The van der Waals surface area contributed by atoms with E-state index in [1.54, 1.807) is 43.9 Å².